The Morgan fingerprint density at radius 2 is 1.15 bits per heavy atom. The fourth-order valence-electron chi connectivity index (χ4n) is 7.02. The molecule has 0 aliphatic carbocycles. The minimum Gasteiger partial charge on any atom is -0.497 e. The number of halogens is 4. The normalized spacial score (nSPS) is 11.1. The van der Waals surface area contributed by atoms with E-state index in [2.05, 4.69) is 0 Å². The van der Waals surface area contributed by atoms with Crippen molar-refractivity contribution in [3.8, 4) is 45.4 Å². The summed E-state index contributed by atoms with van der Waals surface area (Å²) in [7, 11) is 1.28. The summed E-state index contributed by atoms with van der Waals surface area (Å²) in [6, 6.07) is 24.5. The highest BCUT2D eigenvalue weighted by Gasteiger charge is 2.35. The fourth-order valence-corrected chi connectivity index (χ4v) is 7.02. The number of hydrogen-bond acceptors (Lipinski definition) is 6. The van der Waals surface area contributed by atoms with E-state index in [1.165, 1.54) is 43.5 Å². The number of methoxy groups -OCH3 is 1. The number of nitrogens with two attached hydrogens (primary N) is 2. The molecule has 0 unspecified atom stereocenters. The standard InChI is InChI=1S/C23H21F3N2O4.C23H23FN2O4/c1-13-11-14(22(27)31)3-8-19(13)28-15(5-10-21(29)30)4-9-20(28)17-7-6-16(32-2)12-18(17)23(24,25)26;1-3-30-21-13-16(24)5-8-18(21)20-10-6-17(7-11-22(27)28)26(20)19-9-4-15(23(25)29)12-14(19)2/h3-4,6-9,11-12H,5,10H2,1-2H3,(H2,27,31)(H,29,30);4-6,8-10,12-13H,3,7,11H2,1-2H3,(H2,25,29)(H,27,28). The SMILES string of the molecule is CCOc1cc(F)ccc1-c1ccc(CCC(=O)O)n1-c1ccc(C(N)=O)cc1C.COc1ccc(-c2ccc(CCC(=O)O)n2-c2ccc(C(N)=O)cc2C)c(C(F)(F)F)c1. The van der Waals surface area contributed by atoms with Crippen LogP contribution in [0.1, 0.15) is 68.6 Å². The topological polar surface area (TPSA) is 189 Å². The molecule has 62 heavy (non-hydrogen) atoms. The number of aromatic nitrogens is 2. The van der Waals surface area contributed by atoms with Gasteiger partial charge in [-0.25, -0.2) is 4.39 Å². The molecule has 0 aliphatic rings. The van der Waals surface area contributed by atoms with Gasteiger partial charge in [0.25, 0.3) is 0 Å². The third kappa shape index (κ3) is 10.5. The molecule has 6 aromatic rings. The molecule has 2 aromatic heterocycles. The van der Waals surface area contributed by atoms with Crippen molar-refractivity contribution in [1.29, 1.82) is 0 Å². The van der Waals surface area contributed by atoms with Crippen LogP contribution in [0.5, 0.6) is 11.5 Å². The molecule has 0 aliphatic heterocycles. The second kappa shape index (κ2) is 19.4. The number of rotatable bonds is 15. The van der Waals surface area contributed by atoms with Gasteiger partial charge in [0.15, 0.2) is 0 Å². The molecular weight excluding hydrogens is 813 g/mol. The predicted molar refractivity (Wildman–Crippen MR) is 224 cm³/mol. The Labute approximate surface area is 353 Å². The van der Waals surface area contributed by atoms with E-state index < -0.39 is 41.3 Å². The summed E-state index contributed by atoms with van der Waals surface area (Å²) in [5.41, 5.74) is 16.0. The van der Waals surface area contributed by atoms with E-state index in [-0.39, 0.29) is 41.8 Å². The number of ether oxygens (including phenoxy) is 2. The first-order chi connectivity index (χ1) is 29.3. The van der Waals surface area contributed by atoms with Gasteiger partial charge < -0.3 is 40.3 Å². The van der Waals surface area contributed by atoms with Gasteiger partial charge >= 0.3 is 18.1 Å². The molecule has 0 radical (unpaired) electrons. The summed E-state index contributed by atoms with van der Waals surface area (Å²) in [4.78, 5) is 45.3. The van der Waals surface area contributed by atoms with Gasteiger partial charge in [-0.15, -0.1) is 0 Å². The third-order valence-electron chi connectivity index (χ3n) is 9.89. The largest absolute Gasteiger partial charge is 0.497 e. The van der Waals surface area contributed by atoms with Crippen molar-refractivity contribution < 1.29 is 56.4 Å². The van der Waals surface area contributed by atoms with Crippen molar-refractivity contribution in [2.24, 2.45) is 11.5 Å². The lowest BCUT2D eigenvalue weighted by Crippen LogP contribution is -2.13. The Morgan fingerprint density at radius 3 is 1.56 bits per heavy atom. The number of benzene rings is 4. The summed E-state index contributed by atoms with van der Waals surface area (Å²) in [5.74, 6) is -3.04. The van der Waals surface area contributed by atoms with Crippen LogP contribution in [0.25, 0.3) is 33.9 Å². The molecule has 6 rings (SSSR count). The minimum atomic E-state index is -4.65. The molecule has 12 nitrogen and oxygen atoms in total. The number of primary amides is 2. The van der Waals surface area contributed by atoms with E-state index in [0.717, 1.165) is 28.7 Å². The van der Waals surface area contributed by atoms with E-state index >= 15 is 0 Å². The lowest BCUT2D eigenvalue weighted by molar-refractivity contribution is -0.138. The minimum absolute atomic E-state index is 0.0381. The highest BCUT2D eigenvalue weighted by atomic mass is 19.4. The smallest absolute Gasteiger partial charge is 0.417 e. The van der Waals surface area contributed by atoms with Crippen molar-refractivity contribution in [2.45, 2.75) is 52.6 Å². The van der Waals surface area contributed by atoms with Crippen LogP contribution < -0.4 is 20.9 Å². The molecule has 0 bridgehead atoms. The number of aliphatic carboxylic acids is 2. The van der Waals surface area contributed by atoms with Gasteiger partial charge in [-0.2, -0.15) is 13.2 Å². The fraction of sp³-hybridized carbons (Fsp3) is 0.217. The Kier molecular flexibility index (Phi) is 14.3. The van der Waals surface area contributed by atoms with Crippen LogP contribution in [0.3, 0.4) is 0 Å². The van der Waals surface area contributed by atoms with Crippen molar-refractivity contribution >= 4 is 23.8 Å². The average molecular weight is 857 g/mol. The second-order valence-electron chi connectivity index (χ2n) is 14.1. The van der Waals surface area contributed by atoms with Crippen LogP contribution in [0.4, 0.5) is 17.6 Å². The molecule has 0 saturated carbocycles. The van der Waals surface area contributed by atoms with Crippen molar-refractivity contribution in [3.05, 3.63) is 142 Å². The highest BCUT2D eigenvalue weighted by molar-refractivity contribution is 5.94. The van der Waals surface area contributed by atoms with Gasteiger partial charge in [-0.1, -0.05) is 0 Å². The van der Waals surface area contributed by atoms with Crippen LogP contribution >= 0.6 is 0 Å². The number of carbonyl (C=O) groups excluding carboxylic acids is 2. The average Bonchev–Trinajstić information content (AvgIpc) is 3.83. The summed E-state index contributed by atoms with van der Waals surface area (Å²) in [6.45, 7) is 5.74. The van der Waals surface area contributed by atoms with E-state index in [1.54, 1.807) is 54.0 Å². The number of carboxylic acids is 2. The number of aryl methyl sites for hydroxylation is 4. The van der Waals surface area contributed by atoms with Gasteiger partial charge in [0.2, 0.25) is 11.8 Å². The van der Waals surface area contributed by atoms with Gasteiger partial charge in [-0.05, 0) is 136 Å². The Balaban J connectivity index is 0.000000235. The van der Waals surface area contributed by atoms with Crippen LogP contribution in [0.15, 0.2) is 97.1 Å². The molecule has 16 heteroatoms. The van der Waals surface area contributed by atoms with E-state index in [4.69, 9.17) is 31.2 Å². The predicted octanol–water partition coefficient (Wildman–Crippen LogP) is 8.70. The number of hydrogen-bond donors (Lipinski definition) is 4. The van der Waals surface area contributed by atoms with Crippen LogP contribution in [-0.4, -0.2) is 56.8 Å². The molecule has 2 heterocycles. The molecule has 324 valence electrons. The molecule has 6 N–H and O–H groups in total. The summed E-state index contributed by atoms with van der Waals surface area (Å²) < 4.78 is 69.5. The number of alkyl halides is 3. The van der Waals surface area contributed by atoms with E-state index in [9.17, 15) is 36.7 Å². The Morgan fingerprint density at radius 1 is 0.661 bits per heavy atom. The van der Waals surface area contributed by atoms with Crippen molar-refractivity contribution in [3.63, 3.8) is 0 Å². The van der Waals surface area contributed by atoms with Crippen LogP contribution in [-0.2, 0) is 28.6 Å². The Bertz CT molecular complexity index is 2650. The molecule has 2 amide bonds. The maximum absolute atomic E-state index is 13.9. The van der Waals surface area contributed by atoms with Crippen molar-refractivity contribution in [1.82, 2.24) is 9.13 Å². The number of nitrogens with zero attached hydrogens (tertiary/aromatic N) is 2. The number of carbonyl (C=O) groups is 4. The molecule has 0 atom stereocenters. The lowest BCUT2D eigenvalue weighted by atomic mass is 10.0. The monoisotopic (exact) mass is 856 g/mol. The summed E-state index contributed by atoms with van der Waals surface area (Å²) in [6.07, 6.45) is -4.48. The maximum Gasteiger partial charge on any atom is 0.417 e. The zero-order valence-electron chi connectivity index (χ0n) is 34.2. The quantitative estimate of drug-likeness (QED) is 0.0738. The highest BCUT2D eigenvalue weighted by Crippen LogP contribution is 2.41. The molecule has 0 spiro atoms. The van der Waals surface area contributed by atoms with Gasteiger partial charge in [0.05, 0.1) is 43.5 Å². The first-order valence-electron chi connectivity index (χ1n) is 19.2. The first kappa shape index (κ1) is 45.7. The zero-order chi connectivity index (χ0) is 45.5. The number of amides is 2. The Hall–Kier alpha value is -7.36. The van der Waals surface area contributed by atoms with E-state index in [0.29, 0.717) is 46.8 Å². The first-order valence-corrected chi connectivity index (χ1v) is 19.2. The summed E-state index contributed by atoms with van der Waals surface area (Å²) >= 11 is 0. The molecule has 0 fully saturated rings. The molecule has 4 aromatic carbocycles. The van der Waals surface area contributed by atoms with Crippen LogP contribution in [0.2, 0.25) is 0 Å². The molecular formula is C46H44F4N4O8. The van der Waals surface area contributed by atoms with E-state index in [1.807, 2.05) is 30.5 Å². The molecule has 0 saturated heterocycles. The van der Waals surface area contributed by atoms with Gasteiger partial charge in [0, 0.05) is 51.1 Å². The third-order valence-corrected chi connectivity index (χ3v) is 9.89. The second-order valence-corrected chi connectivity index (χ2v) is 14.1. The van der Waals surface area contributed by atoms with Crippen LogP contribution in [0, 0.1) is 19.7 Å². The van der Waals surface area contributed by atoms with Crippen molar-refractivity contribution in [2.75, 3.05) is 13.7 Å². The zero-order valence-corrected chi connectivity index (χ0v) is 34.2. The number of carboxylic acid groups (broad SMARTS) is 2. The summed E-state index contributed by atoms with van der Waals surface area (Å²) in [5, 5.41) is 18.2. The lowest BCUT2D eigenvalue weighted by Gasteiger charge is -2.20. The van der Waals surface area contributed by atoms with Gasteiger partial charge in [0.1, 0.15) is 17.3 Å². The maximum atomic E-state index is 13.9. The van der Waals surface area contributed by atoms with Gasteiger partial charge in [-0.3, -0.25) is 19.2 Å².